The second-order valence-corrected chi connectivity index (χ2v) is 6.37. The summed E-state index contributed by atoms with van der Waals surface area (Å²) in [7, 11) is 0. The van der Waals surface area contributed by atoms with E-state index in [4.69, 9.17) is 9.47 Å². The highest BCUT2D eigenvalue weighted by atomic mass is 16.6. The number of carbonyl (C=O) groups excluding carboxylic acids is 2. The van der Waals surface area contributed by atoms with E-state index in [9.17, 15) is 9.59 Å². The van der Waals surface area contributed by atoms with E-state index < -0.39 is 17.4 Å². The van der Waals surface area contributed by atoms with Gasteiger partial charge in [-0.05, 0) is 26.7 Å². The van der Waals surface area contributed by atoms with Crippen molar-refractivity contribution in [2.24, 2.45) is 5.41 Å². The second-order valence-electron chi connectivity index (χ2n) is 6.37. The zero-order valence-corrected chi connectivity index (χ0v) is 14.9. The minimum Gasteiger partial charge on any atom is -0.465 e. The van der Waals surface area contributed by atoms with Crippen LogP contribution in [-0.2, 0) is 19.1 Å². The van der Waals surface area contributed by atoms with Gasteiger partial charge in [0.05, 0.1) is 13.2 Å². The predicted octanol–water partition coefficient (Wildman–Crippen LogP) is 4.65. The number of hydrogen-bond acceptors (Lipinski definition) is 4. The Kier molecular flexibility index (Phi) is 11.9. The van der Waals surface area contributed by atoms with Crippen molar-refractivity contribution < 1.29 is 19.1 Å². The van der Waals surface area contributed by atoms with Crippen LogP contribution in [-0.4, -0.2) is 25.2 Å². The molecule has 0 aliphatic rings. The van der Waals surface area contributed by atoms with Crippen LogP contribution < -0.4 is 0 Å². The molecule has 0 aromatic carbocycles. The maximum Gasteiger partial charge on any atom is 0.322 e. The molecule has 0 radical (unpaired) electrons. The lowest BCUT2D eigenvalue weighted by Gasteiger charge is -2.20. The molecule has 4 nitrogen and oxygen atoms in total. The van der Waals surface area contributed by atoms with Crippen molar-refractivity contribution in [2.75, 3.05) is 13.2 Å². The van der Waals surface area contributed by atoms with Crippen LogP contribution in [0.15, 0.2) is 0 Å². The Morgan fingerprint density at radius 3 is 1.45 bits per heavy atom. The number of rotatable bonds is 13. The van der Waals surface area contributed by atoms with Crippen molar-refractivity contribution >= 4 is 11.9 Å². The summed E-state index contributed by atoms with van der Waals surface area (Å²) >= 11 is 0. The van der Waals surface area contributed by atoms with Gasteiger partial charge in [-0.15, -0.1) is 0 Å². The highest BCUT2D eigenvalue weighted by molar-refractivity contribution is 5.99. The molecule has 0 saturated heterocycles. The lowest BCUT2D eigenvalue weighted by molar-refractivity contribution is -0.169. The summed E-state index contributed by atoms with van der Waals surface area (Å²) in [5, 5.41) is 0. The van der Waals surface area contributed by atoms with Crippen LogP contribution >= 0.6 is 0 Å². The van der Waals surface area contributed by atoms with Crippen molar-refractivity contribution in [2.45, 2.75) is 85.5 Å². The lowest BCUT2D eigenvalue weighted by atomic mass is 9.94. The van der Waals surface area contributed by atoms with Gasteiger partial charge in [0.25, 0.3) is 0 Å². The van der Waals surface area contributed by atoms with E-state index in [1.54, 1.807) is 13.8 Å². The molecule has 0 spiro atoms. The van der Waals surface area contributed by atoms with Crippen molar-refractivity contribution in [3.63, 3.8) is 0 Å². The summed E-state index contributed by atoms with van der Waals surface area (Å²) in [6.07, 6.45) is 9.66. The number of hydrogen-bond donors (Lipinski definition) is 0. The van der Waals surface area contributed by atoms with E-state index in [0.717, 1.165) is 44.9 Å². The van der Waals surface area contributed by atoms with E-state index in [2.05, 4.69) is 13.8 Å². The molecular formula is C18H34O4. The highest BCUT2D eigenvalue weighted by Crippen LogP contribution is 2.20. The average Bonchev–Trinajstić information content (AvgIpc) is 2.49. The molecule has 0 saturated carbocycles. The topological polar surface area (TPSA) is 52.6 Å². The molecular weight excluding hydrogens is 280 g/mol. The van der Waals surface area contributed by atoms with Gasteiger partial charge in [0.1, 0.15) is 0 Å². The molecule has 0 unspecified atom stereocenters. The van der Waals surface area contributed by atoms with Crippen LogP contribution in [0.25, 0.3) is 0 Å². The minimum absolute atomic E-state index is 0.382. The number of carbonyl (C=O) groups is 2. The molecule has 0 aromatic rings. The maximum absolute atomic E-state index is 12.0. The number of ether oxygens (including phenoxy) is 2. The fraction of sp³-hybridized carbons (Fsp3) is 0.889. The zero-order valence-electron chi connectivity index (χ0n) is 14.9. The number of unbranched alkanes of at least 4 members (excludes halogenated alkanes) is 7. The van der Waals surface area contributed by atoms with Gasteiger partial charge in [0.2, 0.25) is 0 Å². The molecule has 0 amide bonds. The quantitative estimate of drug-likeness (QED) is 0.282. The first kappa shape index (κ1) is 20.9. The predicted molar refractivity (Wildman–Crippen MR) is 88.6 cm³/mol. The summed E-state index contributed by atoms with van der Waals surface area (Å²) in [4.78, 5) is 24.0. The van der Waals surface area contributed by atoms with Crippen LogP contribution in [0.2, 0.25) is 0 Å². The van der Waals surface area contributed by atoms with E-state index in [-0.39, 0.29) is 0 Å². The van der Waals surface area contributed by atoms with Gasteiger partial charge in [0.15, 0.2) is 5.41 Å². The number of esters is 2. The van der Waals surface area contributed by atoms with Crippen molar-refractivity contribution in [1.82, 2.24) is 0 Å². The fourth-order valence-electron chi connectivity index (χ4n) is 2.01. The Morgan fingerprint density at radius 2 is 1.05 bits per heavy atom. The van der Waals surface area contributed by atoms with Gasteiger partial charge in [-0.2, -0.15) is 0 Å². The average molecular weight is 314 g/mol. The molecule has 0 N–H and O–H groups in total. The van der Waals surface area contributed by atoms with Gasteiger partial charge >= 0.3 is 11.9 Å². The summed E-state index contributed by atoms with van der Waals surface area (Å²) in [5.41, 5.74) is -1.21. The Hall–Kier alpha value is -1.06. The van der Waals surface area contributed by atoms with Gasteiger partial charge in [-0.25, -0.2) is 0 Å². The summed E-state index contributed by atoms with van der Waals surface area (Å²) in [6.45, 7) is 8.20. The largest absolute Gasteiger partial charge is 0.465 e. The van der Waals surface area contributed by atoms with Gasteiger partial charge < -0.3 is 9.47 Å². The van der Waals surface area contributed by atoms with Gasteiger partial charge in [-0.1, -0.05) is 58.8 Å². The summed E-state index contributed by atoms with van der Waals surface area (Å²) in [5.74, 6) is -0.971. The van der Waals surface area contributed by atoms with Crippen LogP contribution in [0.3, 0.4) is 0 Å². The molecule has 22 heavy (non-hydrogen) atoms. The van der Waals surface area contributed by atoms with Crippen LogP contribution in [0.5, 0.6) is 0 Å². The van der Waals surface area contributed by atoms with E-state index in [0.29, 0.717) is 13.2 Å². The summed E-state index contributed by atoms with van der Waals surface area (Å²) < 4.78 is 10.4. The van der Waals surface area contributed by atoms with Gasteiger partial charge in [0, 0.05) is 0 Å². The minimum atomic E-state index is -1.21. The van der Waals surface area contributed by atoms with Crippen molar-refractivity contribution in [3.05, 3.63) is 0 Å². The van der Waals surface area contributed by atoms with Gasteiger partial charge in [-0.3, -0.25) is 9.59 Å². The molecule has 0 aliphatic carbocycles. The molecule has 130 valence electrons. The Bertz CT molecular complexity index is 310. The van der Waals surface area contributed by atoms with Crippen LogP contribution in [0.4, 0.5) is 0 Å². The second kappa shape index (κ2) is 12.5. The Labute approximate surface area is 135 Å². The first-order valence-electron chi connectivity index (χ1n) is 8.81. The Balaban J connectivity index is 3.91. The van der Waals surface area contributed by atoms with Crippen molar-refractivity contribution in [3.8, 4) is 0 Å². The smallest absolute Gasteiger partial charge is 0.322 e. The lowest BCUT2D eigenvalue weighted by Crippen LogP contribution is -2.37. The van der Waals surface area contributed by atoms with E-state index in [1.165, 1.54) is 12.8 Å². The normalized spacial score (nSPS) is 11.3. The van der Waals surface area contributed by atoms with E-state index in [1.807, 2.05) is 0 Å². The third-order valence-electron chi connectivity index (χ3n) is 3.73. The van der Waals surface area contributed by atoms with Crippen molar-refractivity contribution in [1.29, 1.82) is 0 Å². The molecule has 0 fully saturated rings. The monoisotopic (exact) mass is 314 g/mol. The molecule has 0 aromatic heterocycles. The molecule has 4 heteroatoms. The molecule has 0 rings (SSSR count). The molecule has 0 heterocycles. The summed E-state index contributed by atoms with van der Waals surface area (Å²) in [6, 6.07) is 0. The highest BCUT2D eigenvalue weighted by Gasteiger charge is 2.39. The molecule has 0 bridgehead atoms. The van der Waals surface area contributed by atoms with Crippen LogP contribution in [0.1, 0.15) is 85.5 Å². The van der Waals surface area contributed by atoms with Crippen LogP contribution in [0, 0.1) is 5.41 Å². The standard InChI is InChI=1S/C18H34O4/c1-5-7-9-11-13-15-22-17(20)18(3,4)16(19)21-14-12-10-8-6-2/h5-15H2,1-4H3. The first-order valence-corrected chi connectivity index (χ1v) is 8.81. The maximum atomic E-state index is 12.0. The zero-order chi connectivity index (χ0) is 16.8. The first-order chi connectivity index (χ1) is 10.5. The third kappa shape index (κ3) is 9.06. The molecule has 0 atom stereocenters. The fourth-order valence-corrected chi connectivity index (χ4v) is 2.01. The third-order valence-corrected chi connectivity index (χ3v) is 3.73. The van der Waals surface area contributed by atoms with E-state index >= 15 is 0 Å². The Morgan fingerprint density at radius 1 is 0.682 bits per heavy atom. The molecule has 0 aliphatic heterocycles. The SMILES string of the molecule is CCCCCCCOC(=O)C(C)(C)C(=O)OCCCCCC.